The maximum Gasteiger partial charge on any atom is 0.223 e. The molecular formula is C18H26N2O4S. The van der Waals surface area contributed by atoms with Gasteiger partial charge in [-0.05, 0) is 30.9 Å². The largest absolute Gasteiger partial charge is 0.488 e. The van der Waals surface area contributed by atoms with Gasteiger partial charge in [0.15, 0.2) is 0 Å². The number of carbonyl (C=O) groups is 1. The molecule has 1 N–H and O–H groups in total. The summed E-state index contributed by atoms with van der Waals surface area (Å²) in [7, 11) is -3.16. The van der Waals surface area contributed by atoms with Gasteiger partial charge in [-0.25, -0.2) is 12.7 Å². The zero-order valence-corrected chi connectivity index (χ0v) is 15.4. The fourth-order valence-corrected chi connectivity index (χ4v) is 5.05. The second-order valence-corrected chi connectivity index (χ2v) is 8.87. The van der Waals surface area contributed by atoms with E-state index in [-0.39, 0.29) is 23.7 Å². The van der Waals surface area contributed by atoms with Gasteiger partial charge >= 0.3 is 0 Å². The maximum absolute atomic E-state index is 12.4. The van der Waals surface area contributed by atoms with E-state index < -0.39 is 10.0 Å². The van der Waals surface area contributed by atoms with Crippen LogP contribution in [0, 0.1) is 5.92 Å². The van der Waals surface area contributed by atoms with Crippen LogP contribution in [0.15, 0.2) is 24.3 Å². The number of ether oxygens (including phenoxy) is 1. The van der Waals surface area contributed by atoms with Gasteiger partial charge < -0.3 is 10.1 Å². The lowest BCUT2D eigenvalue weighted by Gasteiger charge is -2.30. The summed E-state index contributed by atoms with van der Waals surface area (Å²) in [5, 5.41) is 2.98. The Morgan fingerprint density at radius 1 is 1.28 bits per heavy atom. The van der Waals surface area contributed by atoms with Gasteiger partial charge in [-0.1, -0.05) is 25.1 Å². The number of hydrogen-bond donors (Lipinski definition) is 1. The van der Waals surface area contributed by atoms with Crippen LogP contribution in [0.25, 0.3) is 0 Å². The molecule has 2 aliphatic heterocycles. The molecule has 0 radical (unpaired) electrons. The first-order valence-corrected chi connectivity index (χ1v) is 10.6. The Balaban J connectivity index is 1.43. The number of para-hydroxylation sites is 1. The van der Waals surface area contributed by atoms with Crippen molar-refractivity contribution in [3.05, 3.63) is 29.8 Å². The number of sulfonamides is 1. The molecule has 1 saturated heterocycles. The molecule has 1 aromatic rings. The molecule has 1 amide bonds. The van der Waals surface area contributed by atoms with E-state index in [4.69, 9.17) is 4.74 Å². The van der Waals surface area contributed by atoms with Gasteiger partial charge in [-0.3, -0.25) is 4.79 Å². The lowest BCUT2D eigenvalue weighted by atomic mass is 9.97. The number of nitrogens with zero attached hydrogens (tertiary/aromatic N) is 1. The number of carbonyl (C=O) groups excluding carboxylic acids is 1. The lowest BCUT2D eigenvalue weighted by molar-refractivity contribution is -0.126. The SMILES string of the molecule is CCCS(=O)(=O)N1CCC(C(=O)NC[C@H]2Cc3ccccc3O2)CC1. The number of hydrogen-bond acceptors (Lipinski definition) is 4. The average Bonchev–Trinajstić information content (AvgIpc) is 3.02. The van der Waals surface area contributed by atoms with Crippen LogP contribution in [0.1, 0.15) is 31.7 Å². The Labute approximate surface area is 149 Å². The Hall–Kier alpha value is -1.60. The smallest absolute Gasteiger partial charge is 0.223 e. The Morgan fingerprint density at radius 2 is 2.00 bits per heavy atom. The van der Waals surface area contributed by atoms with Gasteiger partial charge in [0.25, 0.3) is 0 Å². The van der Waals surface area contributed by atoms with E-state index >= 15 is 0 Å². The zero-order chi connectivity index (χ0) is 17.9. The molecule has 0 aromatic heterocycles. The molecular weight excluding hydrogens is 340 g/mol. The summed E-state index contributed by atoms with van der Waals surface area (Å²) >= 11 is 0. The van der Waals surface area contributed by atoms with Crippen LogP contribution in [0.3, 0.4) is 0 Å². The van der Waals surface area contributed by atoms with Crippen molar-refractivity contribution in [1.29, 1.82) is 0 Å². The van der Waals surface area contributed by atoms with Crippen LogP contribution < -0.4 is 10.1 Å². The van der Waals surface area contributed by atoms with Gasteiger partial charge in [-0.15, -0.1) is 0 Å². The highest BCUT2D eigenvalue weighted by Crippen LogP contribution is 2.28. The molecule has 2 aliphatic rings. The Kier molecular flexibility index (Phi) is 5.64. The second-order valence-electron chi connectivity index (χ2n) is 6.79. The fraction of sp³-hybridized carbons (Fsp3) is 0.611. The lowest BCUT2D eigenvalue weighted by Crippen LogP contribution is -2.45. The molecule has 0 saturated carbocycles. The second kappa shape index (κ2) is 7.74. The van der Waals surface area contributed by atoms with Gasteiger partial charge in [0.05, 0.1) is 12.3 Å². The van der Waals surface area contributed by atoms with E-state index in [9.17, 15) is 13.2 Å². The molecule has 3 rings (SSSR count). The summed E-state index contributed by atoms with van der Waals surface area (Å²) in [4.78, 5) is 12.4. The van der Waals surface area contributed by atoms with Crippen molar-refractivity contribution in [2.45, 2.75) is 38.7 Å². The van der Waals surface area contributed by atoms with Gasteiger partial charge in [0.2, 0.25) is 15.9 Å². The van der Waals surface area contributed by atoms with Crippen molar-refractivity contribution in [3.8, 4) is 5.75 Å². The van der Waals surface area contributed by atoms with Gasteiger partial charge in [0, 0.05) is 25.4 Å². The van der Waals surface area contributed by atoms with Crippen LogP contribution in [0.4, 0.5) is 0 Å². The minimum absolute atomic E-state index is 0.00657. The Morgan fingerprint density at radius 3 is 2.68 bits per heavy atom. The standard InChI is InChI=1S/C18H26N2O4S/c1-2-11-25(22,23)20-9-7-14(8-10-20)18(21)19-13-16-12-15-5-3-4-6-17(15)24-16/h3-6,14,16H,2,7-13H2,1H3,(H,19,21)/t16-/m1/s1. The summed E-state index contributed by atoms with van der Waals surface area (Å²) in [6.45, 7) is 3.22. The van der Waals surface area contributed by atoms with Crippen LogP contribution >= 0.6 is 0 Å². The predicted molar refractivity (Wildman–Crippen MR) is 95.9 cm³/mol. The number of amides is 1. The molecule has 2 heterocycles. The summed E-state index contributed by atoms with van der Waals surface area (Å²) in [5.41, 5.74) is 1.18. The highest BCUT2D eigenvalue weighted by Gasteiger charge is 2.31. The van der Waals surface area contributed by atoms with Gasteiger partial charge in [-0.2, -0.15) is 0 Å². The summed E-state index contributed by atoms with van der Waals surface area (Å²) in [6.07, 6.45) is 2.57. The van der Waals surface area contributed by atoms with Crippen molar-refractivity contribution in [1.82, 2.24) is 9.62 Å². The molecule has 0 spiro atoms. The van der Waals surface area contributed by atoms with E-state index in [1.54, 1.807) is 0 Å². The summed E-state index contributed by atoms with van der Waals surface area (Å²) in [5.74, 6) is 0.976. The van der Waals surface area contributed by atoms with E-state index in [1.165, 1.54) is 9.87 Å². The molecule has 6 nitrogen and oxygen atoms in total. The first kappa shape index (κ1) is 18.2. The van der Waals surface area contributed by atoms with Crippen molar-refractivity contribution in [3.63, 3.8) is 0 Å². The first-order valence-electron chi connectivity index (χ1n) is 8.99. The number of fused-ring (bicyclic) bond motifs is 1. The quantitative estimate of drug-likeness (QED) is 0.829. The van der Waals surface area contributed by atoms with E-state index in [0.29, 0.717) is 38.9 Å². The number of benzene rings is 1. The zero-order valence-electron chi connectivity index (χ0n) is 14.6. The third-order valence-corrected chi connectivity index (χ3v) is 6.97. The van der Waals surface area contributed by atoms with E-state index in [0.717, 1.165) is 12.2 Å². The van der Waals surface area contributed by atoms with Crippen molar-refractivity contribution in [2.75, 3.05) is 25.4 Å². The maximum atomic E-state index is 12.4. The van der Waals surface area contributed by atoms with Crippen molar-refractivity contribution >= 4 is 15.9 Å². The van der Waals surface area contributed by atoms with Crippen LogP contribution in [-0.4, -0.2) is 50.1 Å². The highest BCUT2D eigenvalue weighted by molar-refractivity contribution is 7.89. The van der Waals surface area contributed by atoms with E-state index in [2.05, 4.69) is 5.32 Å². The van der Waals surface area contributed by atoms with Gasteiger partial charge in [0.1, 0.15) is 11.9 Å². The minimum Gasteiger partial charge on any atom is -0.488 e. The number of nitrogens with one attached hydrogen (secondary N) is 1. The van der Waals surface area contributed by atoms with Crippen molar-refractivity contribution in [2.24, 2.45) is 5.92 Å². The molecule has 1 fully saturated rings. The van der Waals surface area contributed by atoms with Crippen LogP contribution in [-0.2, 0) is 21.2 Å². The normalized spacial score (nSPS) is 21.6. The first-order chi connectivity index (χ1) is 12.0. The molecule has 138 valence electrons. The van der Waals surface area contributed by atoms with E-state index in [1.807, 2.05) is 31.2 Å². The molecule has 7 heteroatoms. The third kappa shape index (κ3) is 4.33. The predicted octanol–water partition coefficient (Wildman–Crippen LogP) is 1.56. The van der Waals surface area contributed by atoms with Crippen LogP contribution in [0.5, 0.6) is 5.75 Å². The Bertz CT molecular complexity index is 687. The number of piperidine rings is 1. The molecule has 0 bridgehead atoms. The molecule has 0 unspecified atom stereocenters. The minimum atomic E-state index is -3.16. The number of rotatable bonds is 6. The average molecular weight is 366 g/mol. The third-order valence-electron chi connectivity index (χ3n) is 4.90. The molecule has 0 aliphatic carbocycles. The topological polar surface area (TPSA) is 75.7 Å². The summed E-state index contributed by atoms with van der Waals surface area (Å²) < 4.78 is 31.5. The monoisotopic (exact) mass is 366 g/mol. The summed E-state index contributed by atoms with van der Waals surface area (Å²) in [6, 6.07) is 7.93. The fourth-order valence-electron chi connectivity index (χ4n) is 3.51. The highest BCUT2D eigenvalue weighted by atomic mass is 32.2. The van der Waals surface area contributed by atoms with Crippen LogP contribution in [0.2, 0.25) is 0 Å². The molecule has 25 heavy (non-hydrogen) atoms. The molecule has 1 atom stereocenters. The van der Waals surface area contributed by atoms with Crippen molar-refractivity contribution < 1.29 is 17.9 Å². The molecule has 1 aromatic carbocycles.